The molecule has 0 amide bonds. The zero-order valence-corrected chi connectivity index (χ0v) is 21.0. The van der Waals surface area contributed by atoms with Gasteiger partial charge in [-0.1, -0.05) is 31.2 Å². The van der Waals surface area contributed by atoms with E-state index in [0.717, 1.165) is 55.8 Å². The number of aryl methyl sites for hydroxylation is 1. The number of ether oxygens (including phenoxy) is 2. The first-order valence-electron chi connectivity index (χ1n) is 12.8. The summed E-state index contributed by atoms with van der Waals surface area (Å²) in [7, 11) is 0. The van der Waals surface area contributed by atoms with Gasteiger partial charge in [-0.2, -0.15) is 5.10 Å². The van der Waals surface area contributed by atoms with Crippen molar-refractivity contribution in [2.24, 2.45) is 0 Å². The minimum atomic E-state index is -0.472. The number of aliphatic hydroxyl groups excluding tert-OH is 1. The molecule has 2 unspecified atom stereocenters. The molecule has 2 atom stereocenters. The number of hydrogen-bond donors (Lipinski definition) is 1. The van der Waals surface area contributed by atoms with Crippen molar-refractivity contribution in [2.45, 2.75) is 57.8 Å². The van der Waals surface area contributed by atoms with E-state index in [-0.39, 0.29) is 11.9 Å². The van der Waals surface area contributed by atoms with Gasteiger partial charge in [-0.05, 0) is 68.5 Å². The van der Waals surface area contributed by atoms with Crippen molar-refractivity contribution in [1.29, 1.82) is 0 Å². The van der Waals surface area contributed by atoms with Crippen LogP contribution in [0.4, 0.5) is 4.39 Å². The number of halogens is 1. The molecule has 0 aliphatic carbocycles. The predicted octanol–water partition coefficient (Wildman–Crippen LogP) is 5.67. The summed E-state index contributed by atoms with van der Waals surface area (Å²) in [4.78, 5) is 2.24. The Morgan fingerprint density at radius 2 is 2.03 bits per heavy atom. The fraction of sp³-hybridized carbons (Fsp3) is 0.414. The van der Waals surface area contributed by atoms with Crippen molar-refractivity contribution in [3.05, 3.63) is 84.3 Å². The lowest BCUT2D eigenvalue weighted by Crippen LogP contribution is -2.37. The molecule has 0 bridgehead atoms. The van der Waals surface area contributed by atoms with Crippen molar-refractivity contribution in [2.75, 3.05) is 19.7 Å². The van der Waals surface area contributed by atoms with Crippen molar-refractivity contribution >= 4 is 0 Å². The summed E-state index contributed by atoms with van der Waals surface area (Å²) in [5, 5.41) is 15.6. The largest absolute Gasteiger partial charge is 0.439 e. The maximum absolute atomic E-state index is 13.6. The van der Waals surface area contributed by atoms with E-state index >= 15 is 0 Å². The molecular weight excluding hydrogens is 457 g/mol. The number of allylic oxidation sites excluding steroid dienone is 1. The Morgan fingerprint density at radius 3 is 2.69 bits per heavy atom. The van der Waals surface area contributed by atoms with Gasteiger partial charge < -0.3 is 14.6 Å². The number of hydrogen-bond acceptors (Lipinski definition) is 5. The van der Waals surface area contributed by atoms with E-state index in [1.54, 1.807) is 12.1 Å². The van der Waals surface area contributed by atoms with Crippen LogP contribution in [0.15, 0.2) is 67.3 Å². The van der Waals surface area contributed by atoms with E-state index in [0.29, 0.717) is 31.1 Å². The molecule has 4 rings (SSSR count). The minimum absolute atomic E-state index is 0.146. The molecule has 1 aliphatic heterocycles. The Hall–Kier alpha value is -3.00. The Morgan fingerprint density at radius 1 is 1.25 bits per heavy atom. The van der Waals surface area contributed by atoms with E-state index in [1.807, 2.05) is 41.1 Å². The van der Waals surface area contributed by atoms with Gasteiger partial charge >= 0.3 is 0 Å². The molecule has 3 aromatic rings. The molecule has 2 aromatic carbocycles. The normalized spacial score (nSPS) is 16.4. The second kappa shape index (κ2) is 12.8. The molecule has 1 aliphatic rings. The molecule has 6 nitrogen and oxygen atoms in total. The van der Waals surface area contributed by atoms with Gasteiger partial charge in [0.1, 0.15) is 11.6 Å². The molecule has 7 heteroatoms. The average molecular weight is 494 g/mol. The molecule has 0 saturated carbocycles. The van der Waals surface area contributed by atoms with Gasteiger partial charge in [0.15, 0.2) is 0 Å². The highest BCUT2D eigenvalue weighted by atomic mass is 19.1. The van der Waals surface area contributed by atoms with Gasteiger partial charge in [-0.15, -0.1) is 6.58 Å². The van der Waals surface area contributed by atoms with Gasteiger partial charge in [-0.25, -0.2) is 9.07 Å². The molecule has 0 spiro atoms. The average Bonchev–Trinajstić information content (AvgIpc) is 3.52. The lowest BCUT2D eigenvalue weighted by molar-refractivity contribution is 0.0441. The second-order valence-electron chi connectivity index (χ2n) is 9.24. The number of nitrogens with zero attached hydrogens (tertiary/aromatic N) is 3. The van der Waals surface area contributed by atoms with Crippen LogP contribution >= 0.6 is 0 Å². The van der Waals surface area contributed by atoms with Crippen LogP contribution in [0.3, 0.4) is 0 Å². The SMILES string of the molecule is C=CCCC(O)CN(Cc1c(CC)nn(-c2ccccc2)c1Oc1ccc(F)cc1)CC1CCCO1. The molecule has 1 saturated heterocycles. The van der Waals surface area contributed by atoms with Crippen LogP contribution in [0, 0.1) is 5.82 Å². The van der Waals surface area contributed by atoms with Crippen LogP contribution in [0.1, 0.15) is 43.9 Å². The topological polar surface area (TPSA) is 59.8 Å². The molecule has 1 aromatic heterocycles. The quantitative estimate of drug-likeness (QED) is 0.311. The van der Waals surface area contributed by atoms with Gasteiger partial charge in [0.05, 0.1) is 29.2 Å². The second-order valence-corrected chi connectivity index (χ2v) is 9.24. The van der Waals surface area contributed by atoms with Crippen molar-refractivity contribution in [3.8, 4) is 17.3 Å². The summed E-state index contributed by atoms with van der Waals surface area (Å²) in [6.07, 6.45) is 5.73. The smallest absolute Gasteiger partial charge is 0.227 e. The van der Waals surface area contributed by atoms with Crippen LogP contribution < -0.4 is 4.74 Å². The summed E-state index contributed by atoms with van der Waals surface area (Å²) >= 11 is 0. The third kappa shape index (κ3) is 6.81. The van der Waals surface area contributed by atoms with E-state index < -0.39 is 6.10 Å². The fourth-order valence-electron chi connectivity index (χ4n) is 4.59. The molecule has 1 fully saturated rings. The van der Waals surface area contributed by atoms with Crippen LogP contribution in [0.2, 0.25) is 0 Å². The number of aromatic nitrogens is 2. The van der Waals surface area contributed by atoms with E-state index in [2.05, 4.69) is 18.4 Å². The van der Waals surface area contributed by atoms with Crippen molar-refractivity contribution in [1.82, 2.24) is 14.7 Å². The summed E-state index contributed by atoms with van der Waals surface area (Å²) < 4.78 is 27.7. The van der Waals surface area contributed by atoms with Gasteiger partial charge in [-0.3, -0.25) is 4.90 Å². The third-order valence-corrected chi connectivity index (χ3v) is 6.42. The maximum Gasteiger partial charge on any atom is 0.227 e. The van der Waals surface area contributed by atoms with Crippen LogP contribution in [-0.2, 0) is 17.7 Å². The highest BCUT2D eigenvalue weighted by Gasteiger charge is 2.26. The van der Waals surface area contributed by atoms with E-state index in [1.165, 1.54) is 12.1 Å². The van der Waals surface area contributed by atoms with Crippen molar-refractivity contribution < 1.29 is 19.0 Å². The van der Waals surface area contributed by atoms with Crippen LogP contribution in [0.5, 0.6) is 11.6 Å². The number of para-hydroxylation sites is 1. The van der Waals surface area contributed by atoms with Gasteiger partial charge in [0.2, 0.25) is 5.88 Å². The van der Waals surface area contributed by atoms with Crippen LogP contribution in [-0.4, -0.2) is 51.7 Å². The summed E-state index contributed by atoms with van der Waals surface area (Å²) in [5.41, 5.74) is 2.76. The fourth-order valence-corrected chi connectivity index (χ4v) is 4.59. The zero-order valence-electron chi connectivity index (χ0n) is 21.0. The first-order chi connectivity index (χ1) is 17.6. The number of benzene rings is 2. The number of rotatable bonds is 13. The first kappa shape index (κ1) is 26.1. The van der Waals surface area contributed by atoms with Crippen LogP contribution in [0.25, 0.3) is 5.69 Å². The Kier molecular flexibility index (Phi) is 9.28. The summed E-state index contributed by atoms with van der Waals surface area (Å²) in [6.45, 7) is 8.43. The molecule has 36 heavy (non-hydrogen) atoms. The van der Waals surface area contributed by atoms with E-state index in [9.17, 15) is 9.50 Å². The maximum atomic E-state index is 13.6. The Labute approximate surface area is 213 Å². The Balaban J connectivity index is 1.69. The molecular formula is C29H36FN3O3. The number of aliphatic hydroxyl groups is 1. The molecule has 192 valence electrons. The first-order valence-corrected chi connectivity index (χ1v) is 12.8. The lowest BCUT2D eigenvalue weighted by atomic mass is 10.1. The predicted molar refractivity (Wildman–Crippen MR) is 139 cm³/mol. The minimum Gasteiger partial charge on any atom is -0.439 e. The summed E-state index contributed by atoms with van der Waals surface area (Å²) in [5.74, 6) is 0.821. The highest BCUT2D eigenvalue weighted by molar-refractivity contribution is 5.43. The molecule has 1 N–H and O–H groups in total. The molecule has 0 radical (unpaired) electrons. The standard InChI is InChI=1S/C29H36FN3O3/c1-3-5-12-24(34)19-32(20-26-13-9-18-35-26)21-27-28(4-2)31-33(23-10-7-6-8-11-23)29(27)36-25-16-14-22(30)15-17-25/h3,6-8,10-11,14-17,24,26,34H,1,4-5,9,12-13,18-21H2,2H3. The summed E-state index contributed by atoms with van der Waals surface area (Å²) in [6, 6.07) is 15.9. The van der Waals surface area contributed by atoms with Gasteiger partial charge in [0.25, 0.3) is 0 Å². The zero-order chi connectivity index (χ0) is 25.3. The third-order valence-electron chi connectivity index (χ3n) is 6.42. The van der Waals surface area contributed by atoms with E-state index in [4.69, 9.17) is 14.6 Å². The monoisotopic (exact) mass is 493 g/mol. The Bertz CT molecular complexity index is 1090. The van der Waals surface area contributed by atoms with Crippen molar-refractivity contribution in [3.63, 3.8) is 0 Å². The molecule has 2 heterocycles. The van der Waals surface area contributed by atoms with Gasteiger partial charge in [0, 0.05) is 26.2 Å². The lowest BCUT2D eigenvalue weighted by Gasteiger charge is -2.27. The highest BCUT2D eigenvalue weighted by Crippen LogP contribution is 2.33.